The summed E-state index contributed by atoms with van der Waals surface area (Å²) in [5, 5.41) is 0. The molecular weight excluding hydrogens is 374 g/mol. The Morgan fingerprint density at radius 2 is 2.04 bits per heavy atom. The number of fused-ring (bicyclic) bond motifs is 2. The van der Waals surface area contributed by atoms with Crippen LogP contribution in [0.5, 0.6) is 0 Å². The molecule has 7 heteroatoms. The number of carbonyl (C=O) groups excluding carboxylic acids is 2. The maximum Gasteiger partial charge on any atom is 0.410 e. The van der Waals surface area contributed by atoms with Crippen molar-refractivity contribution in [2.45, 2.75) is 38.8 Å². The topological polar surface area (TPSA) is 62.7 Å². The van der Waals surface area contributed by atoms with Crippen molar-refractivity contribution in [3.05, 3.63) is 28.5 Å². The molecule has 0 saturated carbocycles. The van der Waals surface area contributed by atoms with Gasteiger partial charge in [0.1, 0.15) is 10.2 Å². The molecule has 24 heavy (non-hydrogen) atoms. The predicted molar refractivity (Wildman–Crippen MR) is 92.7 cm³/mol. The molecule has 0 aromatic carbocycles. The van der Waals surface area contributed by atoms with Crippen LogP contribution in [0.25, 0.3) is 0 Å². The van der Waals surface area contributed by atoms with Crippen LogP contribution in [-0.2, 0) is 4.74 Å². The van der Waals surface area contributed by atoms with E-state index >= 15 is 0 Å². The molecule has 2 amide bonds. The van der Waals surface area contributed by atoms with E-state index in [0.29, 0.717) is 35.7 Å². The molecule has 3 heterocycles. The highest BCUT2D eigenvalue weighted by Crippen LogP contribution is 2.32. The summed E-state index contributed by atoms with van der Waals surface area (Å²) < 4.78 is 6.05. The monoisotopic (exact) mass is 395 g/mol. The van der Waals surface area contributed by atoms with E-state index in [-0.39, 0.29) is 18.0 Å². The lowest BCUT2D eigenvalue weighted by atomic mass is 9.99. The van der Waals surface area contributed by atoms with E-state index in [9.17, 15) is 9.59 Å². The molecule has 130 valence electrons. The van der Waals surface area contributed by atoms with E-state index in [2.05, 4.69) is 20.9 Å². The standard InChI is InChI=1S/C17H22BrN3O3/c1-17(2,3)24-16(23)21-9-11-7-12(21)10-20(8-11)15(22)13-5-4-6-19-14(13)18/h4-6,11-12H,7-10H2,1-3H3. The molecule has 6 nitrogen and oxygen atoms in total. The Balaban J connectivity index is 1.71. The second-order valence-corrected chi connectivity index (χ2v) is 8.19. The number of rotatable bonds is 1. The van der Waals surface area contributed by atoms with Crippen LogP contribution < -0.4 is 0 Å². The summed E-state index contributed by atoms with van der Waals surface area (Å²) in [7, 11) is 0. The number of hydrogen-bond donors (Lipinski definition) is 0. The predicted octanol–water partition coefficient (Wildman–Crippen LogP) is 2.93. The number of piperidine rings is 1. The van der Waals surface area contributed by atoms with Gasteiger partial charge in [-0.15, -0.1) is 0 Å². The number of ether oxygens (including phenoxy) is 1. The number of halogens is 1. The molecule has 0 aliphatic carbocycles. The average molecular weight is 396 g/mol. The van der Waals surface area contributed by atoms with Crippen molar-refractivity contribution in [2.75, 3.05) is 19.6 Å². The molecule has 0 radical (unpaired) electrons. The first-order valence-corrected chi connectivity index (χ1v) is 8.93. The van der Waals surface area contributed by atoms with Gasteiger partial charge >= 0.3 is 6.09 Å². The summed E-state index contributed by atoms with van der Waals surface area (Å²) in [6.45, 7) is 7.44. The minimum Gasteiger partial charge on any atom is -0.444 e. The van der Waals surface area contributed by atoms with Gasteiger partial charge in [0.05, 0.1) is 11.6 Å². The van der Waals surface area contributed by atoms with Gasteiger partial charge in [0.15, 0.2) is 0 Å². The summed E-state index contributed by atoms with van der Waals surface area (Å²) >= 11 is 3.33. The third kappa shape index (κ3) is 3.55. The molecule has 2 atom stereocenters. The van der Waals surface area contributed by atoms with Crippen molar-refractivity contribution in [2.24, 2.45) is 5.92 Å². The molecule has 0 N–H and O–H groups in total. The van der Waals surface area contributed by atoms with Crippen LogP contribution >= 0.6 is 15.9 Å². The Bertz CT molecular complexity index is 659. The first-order valence-electron chi connectivity index (χ1n) is 8.14. The fourth-order valence-electron chi connectivity index (χ4n) is 3.39. The number of aromatic nitrogens is 1. The summed E-state index contributed by atoms with van der Waals surface area (Å²) in [4.78, 5) is 32.9. The van der Waals surface area contributed by atoms with Crippen molar-refractivity contribution in [1.29, 1.82) is 0 Å². The van der Waals surface area contributed by atoms with Crippen molar-refractivity contribution in [3.63, 3.8) is 0 Å². The zero-order valence-electron chi connectivity index (χ0n) is 14.2. The third-order valence-corrected chi connectivity index (χ3v) is 4.95. The maximum atomic E-state index is 12.8. The Morgan fingerprint density at radius 1 is 1.29 bits per heavy atom. The third-order valence-electron chi connectivity index (χ3n) is 4.32. The molecule has 2 aliphatic rings. The first kappa shape index (κ1) is 17.2. The van der Waals surface area contributed by atoms with E-state index in [1.54, 1.807) is 23.2 Å². The highest BCUT2D eigenvalue weighted by atomic mass is 79.9. The molecule has 0 spiro atoms. The van der Waals surface area contributed by atoms with Crippen LogP contribution in [0.4, 0.5) is 4.79 Å². The van der Waals surface area contributed by atoms with Gasteiger partial charge in [-0.3, -0.25) is 4.79 Å². The minimum absolute atomic E-state index is 0.0259. The summed E-state index contributed by atoms with van der Waals surface area (Å²) in [5.41, 5.74) is 0.0479. The molecular formula is C17H22BrN3O3. The van der Waals surface area contributed by atoms with Crippen LogP contribution in [0.1, 0.15) is 37.6 Å². The van der Waals surface area contributed by atoms with E-state index < -0.39 is 5.60 Å². The maximum absolute atomic E-state index is 12.8. The van der Waals surface area contributed by atoms with Crippen LogP contribution in [0, 0.1) is 5.92 Å². The van der Waals surface area contributed by atoms with Gasteiger partial charge < -0.3 is 14.5 Å². The van der Waals surface area contributed by atoms with E-state index in [1.165, 1.54) is 0 Å². The number of carbonyl (C=O) groups is 2. The minimum atomic E-state index is -0.510. The molecule has 2 saturated heterocycles. The number of hydrogen-bond acceptors (Lipinski definition) is 4. The summed E-state index contributed by atoms with van der Waals surface area (Å²) in [6.07, 6.45) is 2.29. The Morgan fingerprint density at radius 3 is 2.71 bits per heavy atom. The van der Waals surface area contributed by atoms with Crippen LogP contribution in [0.2, 0.25) is 0 Å². The van der Waals surface area contributed by atoms with Gasteiger partial charge in [0.2, 0.25) is 0 Å². The van der Waals surface area contributed by atoms with Crippen LogP contribution in [0.15, 0.2) is 22.9 Å². The van der Waals surface area contributed by atoms with E-state index in [1.807, 2.05) is 25.7 Å². The van der Waals surface area contributed by atoms with Gasteiger partial charge in [-0.05, 0) is 61.2 Å². The number of amides is 2. The second kappa shape index (κ2) is 6.35. The molecule has 2 unspecified atom stereocenters. The molecule has 3 rings (SSSR count). The molecule has 2 bridgehead atoms. The SMILES string of the molecule is CC(C)(C)OC(=O)N1CC2CC1CN(C(=O)c1cccnc1Br)C2. The fourth-order valence-corrected chi connectivity index (χ4v) is 3.81. The molecule has 2 aliphatic heterocycles. The van der Waals surface area contributed by atoms with Crippen LogP contribution in [-0.4, -0.2) is 58.1 Å². The van der Waals surface area contributed by atoms with E-state index in [4.69, 9.17) is 4.74 Å². The largest absolute Gasteiger partial charge is 0.444 e. The van der Waals surface area contributed by atoms with Gasteiger partial charge in [-0.1, -0.05) is 0 Å². The summed E-state index contributed by atoms with van der Waals surface area (Å²) in [6, 6.07) is 3.54. The zero-order chi connectivity index (χ0) is 17.5. The molecule has 2 fully saturated rings. The van der Waals surface area contributed by atoms with Crippen molar-refractivity contribution in [1.82, 2.24) is 14.8 Å². The Labute approximate surface area is 150 Å². The molecule has 1 aromatic rings. The highest BCUT2D eigenvalue weighted by Gasteiger charge is 2.43. The number of pyridine rings is 1. The van der Waals surface area contributed by atoms with Gasteiger partial charge in [-0.2, -0.15) is 0 Å². The first-order chi connectivity index (χ1) is 11.2. The zero-order valence-corrected chi connectivity index (χ0v) is 15.7. The Hall–Kier alpha value is -1.63. The number of likely N-dealkylation sites (tertiary alicyclic amines) is 2. The van der Waals surface area contributed by atoms with Crippen molar-refractivity contribution in [3.8, 4) is 0 Å². The second-order valence-electron chi connectivity index (χ2n) is 7.44. The van der Waals surface area contributed by atoms with Crippen molar-refractivity contribution >= 4 is 27.9 Å². The normalized spacial score (nSPS) is 23.3. The lowest BCUT2D eigenvalue weighted by molar-refractivity contribution is 0.0207. The van der Waals surface area contributed by atoms with Gasteiger partial charge in [-0.25, -0.2) is 9.78 Å². The lowest BCUT2D eigenvalue weighted by Gasteiger charge is -2.33. The lowest BCUT2D eigenvalue weighted by Crippen LogP contribution is -2.47. The quantitative estimate of drug-likeness (QED) is 0.685. The molecule has 1 aromatic heterocycles. The van der Waals surface area contributed by atoms with Gasteiger partial charge in [0.25, 0.3) is 5.91 Å². The van der Waals surface area contributed by atoms with Crippen LogP contribution in [0.3, 0.4) is 0 Å². The fraction of sp³-hybridized carbons (Fsp3) is 0.588. The van der Waals surface area contributed by atoms with E-state index in [0.717, 1.165) is 6.42 Å². The van der Waals surface area contributed by atoms with Gasteiger partial charge in [0, 0.05) is 25.8 Å². The smallest absolute Gasteiger partial charge is 0.410 e. The van der Waals surface area contributed by atoms with Crippen molar-refractivity contribution < 1.29 is 14.3 Å². The number of nitrogens with zero attached hydrogens (tertiary/aromatic N) is 3. The average Bonchev–Trinajstić information content (AvgIpc) is 2.80. The summed E-state index contributed by atoms with van der Waals surface area (Å²) in [5.74, 6) is 0.256. The highest BCUT2D eigenvalue weighted by molar-refractivity contribution is 9.10. The Kier molecular flexibility index (Phi) is 4.55.